The van der Waals surface area contributed by atoms with Crippen LogP contribution < -0.4 is 10.6 Å². The van der Waals surface area contributed by atoms with E-state index >= 15 is 0 Å². The number of hydrogen-bond donors (Lipinski definition) is 2. The van der Waals surface area contributed by atoms with Gasteiger partial charge in [0.05, 0.1) is 24.9 Å². The molecule has 2 heterocycles. The van der Waals surface area contributed by atoms with Crippen LogP contribution in [0.3, 0.4) is 0 Å². The number of carbonyl (C=O) groups is 1. The molecule has 0 aliphatic carbocycles. The molecule has 18 heavy (non-hydrogen) atoms. The first-order valence-electron chi connectivity index (χ1n) is 6.20. The standard InChI is InChI=1S/C12H19N3O3/c1-3-8-5-14-11(18-8)7-15-12(16)10-4-9(17-2)6-13-10/h5,9-10,13H,3-4,6-7H2,1-2H3,(H,15,16). The van der Waals surface area contributed by atoms with E-state index in [-0.39, 0.29) is 18.1 Å². The molecule has 0 aromatic carbocycles. The summed E-state index contributed by atoms with van der Waals surface area (Å²) >= 11 is 0. The Kier molecular flexibility index (Phi) is 4.33. The van der Waals surface area contributed by atoms with E-state index in [1.807, 2.05) is 6.92 Å². The van der Waals surface area contributed by atoms with E-state index in [2.05, 4.69) is 15.6 Å². The second kappa shape index (κ2) is 5.97. The van der Waals surface area contributed by atoms with Crippen LogP contribution in [0.4, 0.5) is 0 Å². The maximum atomic E-state index is 11.9. The molecule has 1 amide bonds. The maximum absolute atomic E-state index is 11.9. The number of hydrogen-bond acceptors (Lipinski definition) is 5. The zero-order valence-electron chi connectivity index (χ0n) is 10.7. The van der Waals surface area contributed by atoms with E-state index in [0.717, 1.165) is 12.2 Å². The van der Waals surface area contributed by atoms with Crippen LogP contribution in [-0.2, 0) is 22.5 Å². The van der Waals surface area contributed by atoms with E-state index < -0.39 is 0 Å². The lowest BCUT2D eigenvalue weighted by Crippen LogP contribution is -2.40. The Hall–Kier alpha value is -1.40. The number of aryl methyl sites for hydroxylation is 1. The van der Waals surface area contributed by atoms with Crippen LogP contribution in [0.1, 0.15) is 25.0 Å². The van der Waals surface area contributed by atoms with E-state index in [0.29, 0.717) is 25.4 Å². The first-order valence-corrected chi connectivity index (χ1v) is 6.20. The topological polar surface area (TPSA) is 76.4 Å². The van der Waals surface area contributed by atoms with Crippen LogP contribution in [-0.4, -0.2) is 36.7 Å². The molecule has 1 aliphatic heterocycles. The molecule has 1 fully saturated rings. The molecule has 1 aromatic rings. The summed E-state index contributed by atoms with van der Waals surface area (Å²) in [5, 5.41) is 5.93. The van der Waals surface area contributed by atoms with Crippen LogP contribution in [0.15, 0.2) is 10.6 Å². The quantitative estimate of drug-likeness (QED) is 0.785. The first kappa shape index (κ1) is 13.0. The number of nitrogens with one attached hydrogen (secondary N) is 2. The molecule has 2 atom stereocenters. The molecule has 6 nitrogen and oxygen atoms in total. The average Bonchev–Trinajstić information content (AvgIpc) is 3.04. The van der Waals surface area contributed by atoms with Gasteiger partial charge >= 0.3 is 0 Å². The van der Waals surface area contributed by atoms with E-state index in [1.54, 1.807) is 13.3 Å². The molecule has 1 saturated heterocycles. The molecule has 1 aromatic heterocycles. The zero-order valence-corrected chi connectivity index (χ0v) is 10.7. The first-order chi connectivity index (χ1) is 8.72. The summed E-state index contributed by atoms with van der Waals surface area (Å²) in [6.07, 6.45) is 3.32. The minimum atomic E-state index is -0.185. The van der Waals surface area contributed by atoms with Crippen molar-refractivity contribution >= 4 is 5.91 Å². The van der Waals surface area contributed by atoms with Crippen molar-refractivity contribution < 1.29 is 13.9 Å². The summed E-state index contributed by atoms with van der Waals surface area (Å²) in [6.45, 7) is 3.04. The molecule has 2 rings (SSSR count). The van der Waals surface area contributed by atoms with Gasteiger partial charge in [0.15, 0.2) is 0 Å². The number of ether oxygens (including phenoxy) is 1. The number of oxazole rings is 1. The van der Waals surface area contributed by atoms with Crippen molar-refractivity contribution in [1.29, 1.82) is 0 Å². The lowest BCUT2D eigenvalue weighted by atomic mass is 10.2. The van der Waals surface area contributed by atoms with Crippen molar-refractivity contribution in [3.05, 3.63) is 17.8 Å². The van der Waals surface area contributed by atoms with Crippen LogP contribution in [0.5, 0.6) is 0 Å². The smallest absolute Gasteiger partial charge is 0.237 e. The third kappa shape index (κ3) is 3.08. The fourth-order valence-electron chi connectivity index (χ4n) is 1.96. The molecule has 0 spiro atoms. The van der Waals surface area contributed by atoms with Gasteiger partial charge < -0.3 is 19.8 Å². The lowest BCUT2D eigenvalue weighted by Gasteiger charge is -2.09. The van der Waals surface area contributed by atoms with Crippen LogP contribution >= 0.6 is 0 Å². The molecule has 2 N–H and O–H groups in total. The van der Waals surface area contributed by atoms with Gasteiger partial charge in [0, 0.05) is 20.1 Å². The highest BCUT2D eigenvalue weighted by Gasteiger charge is 2.29. The van der Waals surface area contributed by atoms with Gasteiger partial charge in [0.25, 0.3) is 0 Å². The second-order valence-electron chi connectivity index (χ2n) is 4.35. The Morgan fingerprint density at radius 1 is 1.72 bits per heavy atom. The largest absolute Gasteiger partial charge is 0.444 e. The van der Waals surface area contributed by atoms with Gasteiger partial charge in [-0.2, -0.15) is 0 Å². The Balaban J connectivity index is 1.78. The molecule has 100 valence electrons. The van der Waals surface area contributed by atoms with Gasteiger partial charge in [-0.25, -0.2) is 4.98 Å². The summed E-state index contributed by atoms with van der Waals surface area (Å²) in [5.41, 5.74) is 0. The highest BCUT2D eigenvalue weighted by molar-refractivity contribution is 5.82. The Bertz CT molecular complexity index is 405. The summed E-state index contributed by atoms with van der Waals surface area (Å²) in [7, 11) is 1.66. The average molecular weight is 253 g/mol. The Morgan fingerprint density at radius 3 is 3.17 bits per heavy atom. The number of methoxy groups -OCH3 is 1. The van der Waals surface area contributed by atoms with Crippen molar-refractivity contribution in [3.63, 3.8) is 0 Å². The minimum absolute atomic E-state index is 0.0363. The van der Waals surface area contributed by atoms with Gasteiger partial charge in [-0.05, 0) is 6.42 Å². The van der Waals surface area contributed by atoms with Crippen LogP contribution in [0.25, 0.3) is 0 Å². The van der Waals surface area contributed by atoms with E-state index in [9.17, 15) is 4.79 Å². The predicted octanol–water partition coefficient (Wildman–Crippen LogP) is 0.230. The molecule has 1 aliphatic rings. The van der Waals surface area contributed by atoms with Crippen molar-refractivity contribution in [1.82, 2.24) is 15.6 Å². The number of aromatic nitrogens is 1. The molecule has 6 heteroatoms. The molecular weight excluding hydrogens is 234 g/mol. The van der Waals surface area contributed by atoms with Gasteiger partial charge in [-0.1, -0.05) is 6.92 Å². The summed E-state index contributed by atoms with van der Waals surface area (Å²) in [4.78, 5) is 15.9. The Morgan fingerprint density at radius 2 is 2.56 bits per heavy atom. The molecule has 2 unspecified atom stereocenters. The van der Waals surface area contributed by atoms with Crippen molar-refractivity contribution in [2.24, 2.45) is 0 Å². The normalized spacial score (nSPS) is 23.2. The van der Waals surface area contributed by atoms with Gasteiger partial charge in [0.2, 0.25) is 11.8 Å². The fourth-order valence-corrected chi connectivity index (χ4v) is 1.96. The second-order valence-corrected chi connectivity index (χ2v) is 4.35. The van der Waals surface area contributed by atoms with Crippen molar-refractivity contribution in [2.75, 3.05) is 13.7 Å². The fraction of sp³-hybridized carbons (Fsp3) is 0.667. The highest BCUT2D eigenvalue weighted by Crippen LogP contribution is 2.10. The summed E-state index contributed by atoms with van der Waals surface area (Å²) < 4.78 is 10.6. The number of carbonyl (C=O) groups excluding carboxylic acids is 1. The van der Waals surface area contributed by atoms with Gasteiger partial charge in [0.1, 0.15) is 5.76 Å². The zero-order chi connectivity index (χ0) is 13.0. The number of nitrogens with zero attached hydrogens (tertiary/aromatic N) is 1. The van der Waals surface area contributed by atoms with Crippen molar-refractivity contribution in [2.45, 2.75) is 38.5 Å². The molecule has 0 saturated carbocycles. The van der Waals surface area contributed by atoms with Gasteiger partial charge in [-0.3, -0.25) is 4.79 Å². The lowest BCUT2D eigenvalue weighted by molar-refractivity contribution is -0.123. The van der Waals surface area contributed by atoms with E-state index in [4.69, 9.17) is 9.15 Å². The highest BCUT2D eigenvalue weighted by atomic mass is 16.5. The monoisotopic (exact) mass is 253 g/mol. The Labute approximate surface area is 106 Å². The third-order valence-corrected chi connectivity index (χ3v) is 3.10. The minimum Gasteiger partial charge on any atom is -0.444 e. The third-order valence-electron chi connectivity index (χ3n) is 3.10. The summed E-state index contributed by atoms with van der Waals surface area (Å²) in [5.74, 6) is 1.34. The maximum Gasteiger partial charge on any atom is 0.237 e. The van der Waals surface area contributed by atoms with Crippen LogP contribution in [0, 0.1) is 0 Å². The van der Waals surface area contributed by atoms with Gasteiger partial charge in [-0.15, -0.1) is 0 Å². The molecular formula is C12H19N3O3. The summed E-state index contributed by atoms with van der Waals surface area (Å²) in [6, 6.07) is -0.185. The van der Waals surface area contributed by atoms with Crippen molar-refractivity contribution in [3.8, 4) is 0 Å². The van der Waals surface area contributed by atoms with E-state index in [1.165, 1.54) is 0 Å². The number of rotatable bonds is 5. The molecule has 0 bridgehead atoms. The predicted molar refractivity (Wildman–Crippen MR) is 64.9 cm³/mol. The molecule has 0 radical (unpaired) electrons. The van der Waals surface area contributed by atoms with Crippen LogP contribution in [0.2, 0.25) is 0 Å². The SMILES string of the molecule is CCc1cnc(CNC(=O)C2CC(OC)CN2)o1. The number of amides is 1.